The van der Waals surface area contributed by atoms with Crippen LogP contribution in [0.3, 0.4) is 0 Å². The monoisotopic (exact) mass is 368 g/mol. The number of pyridine rings is 2. The van der Waals surface area contributed by atoms with E-state index in [-0.39, 0.29) is 0 Å². The van der Waals surface area contributed by atoms with Crippen LogP contribution in [0, 0.1) is 0 Å². The Morgan fingerprint density at radius 3 is 1.11 bits per heavy atom. The molecule has 0 saturated carbocycles. The van der Waals surface area contributed by atoms with Crippen LogP contribution in [0.1, 0.15) is 11.1 Å². The van der Waals surface area contributed by atoms with Gasteiger partial charge in [-0.15, -0.1) is 0 Å². The van der Waals surface area contributed by atoms with E-state index < -0.39 is 0 Å². The zero-order valence-corrected chi connectivity index (χ0v) is 15.7. The molecule has 0 fully saturated rings. The topological polar surface area (TPSA) is 59.8 Å². The lowest BCUT2D eigenvalue weighted by Gasteiger charge is -2.03. The van der Waals surface area contributed by atoms with Gasteiger partial charge in [-0.2, -0.15) is 0 Å². The molecule has 0 unspecified atom stereocenters. The molecular weight excluding hydrogens is 344 g/mol. The summed E-state index contributed by atoms with van der Waals surface area (Å²) >= 11 is 0. The molecule has 2 heterocycles. The van der Waals surface area contributed by atoms with Crippen molar-refractivity contribution >= 4 is 11.4 Å². The van der Waals surface area contributed by atoms with Crippen molar-refractivity contribution in [3.05, 3.63) is 109 Å². The lowest BCUT2D eigenvalue weighted by Crippen LogP contribution is -2.33. The molecule has 4 N–H and O–H groups in total. The van der Waals surface area contributed by atoms with E-state index in [0.717, 1.165) is 24.5 Å². The molecule has 138 valence electrons. The van der Waals surface area contributed by atoms with Gasteiger partial charge in [0.25, 0.3) is 0 Å². The van der Waals surface area contributed by atoms with Gasteiger partial charge in [-0.05, 0) is 35.4 Å². The predicted octanol–water partition coefficient (Wildman–Crippen LogP) is 3.19. The van der Waals surface area contributed by atoms with Gasteiger partial charge in [0.2, 0.25) is 0 Å². The van der Waals surface area contributed by atoms with Crippen LogP contribution in [0.4, 0.5) is 11.4 Å². The first-order chi connectivity index (χ1) is 13.7. The first kappa shape index (κ1) is 17.7. The van der Waals surface area contributed by atoms with E-state index in [2.05, 4.69) is 82.5 Å². The number of nitrogens with zero attached hydrogens (tertiary/aromatic N) is 2. The second-order valence-electron chi connectivity index (χ2n) is 7.00. The van der Waals surface area contributed by atoms with E-state index in [1.807, 2.05) is 24.3 Å². The lowest BCUT2D eigenvalue weighted by molar-refractivity contribution is -0.688. The summed E-state index contributed by atoms with van der Waals surface area (Å²) in [6.07, 6.45) is 8.45. The zero-order chi connectivity index (χ0) is 19.3. The Kier molecular flexibility index (Phi) is 5.02. The van der Waals surface area contributed by atoms with Crippen molar-refractivity contribution in [1.29, 1.82) is 0 Å². The summed E-state index contributed by atoms with van der Waals surface area (Å²) in [6.45, 7) is 1.66. The lowest BCUT2D eigenvalue weighted by atomic mass is 10.1. The van der Waals surface area contributed by atoms with Gasteiger partial charge in [-0.3, -0.25) is 0 Å². The van der Waals surface area contributed by atoms with E-state index >= 15 is 0 Å². The van der Waals surface area contributed by atoms with Crippen LogP contribution < -0.4 is 20.6 Å². The smallest absolute Gasteiger partial charge is 0.173 e. The van der Waals surface area contributed by atoms with Crippen molar-refractivity contribution in [2.75, 3.05) is 11.5 Å². The van der Waals surface area contributed by atoms with E-state index in [1.165, 1.54) is 22.3 Å². The maximum absolute atomic E-state index is 5.75. The van der Waals surface area contributed by atoms with Crippen LogP contribution in [0.2, 0.25) is 0 Å². The van der Waals surface area contributed by atoms with Crippen LogP contribution in [-0.2, 0) is 13.1 Å². The highest BCUT2D eigenvalue weighted by molar-refractivity contribution is 5.61. The third-order valence-corrected chi connectivity index (χ3v) is 4.81. The predicted molar refractivity (Wildman–Crippen MR) is 112 cm³/mol. The number of aromatic nitrogens is 2. The minimum absolute atomic E-state index is 0.793. The molecule has 0 spiro atoms. The number of hydrogen-bond acceptors (Lipinski definition) is 2. The molecule has 28 heavy (non-hydrogen) atoms. The highest BCUT2D eigenvalue weighted by Crippen LogP contribution is 2.16. The molecule has 0 bridgehead atoms. The maximum atomic E-state index is 5.75. The van der Waals surface area contributed by atoms with Gasteiger partial charge in [-0.25, -0.2) is 9.13 Å². The summed E-state index contributed by atoms with van der Waals surface area (Å²) in [5, 5.41) is 0. The van der Waals surface area contributed by atoms with Crippen molar-refractivity contribution in [2.45, 2.75) is 13.1 Å². The maximum Gasteiger partial charge on any atom is 0.173 e. The third-order valence-electron chi connectivity index (χ3n) is 4.81. The summed E-state index contributed by atoms with van der Waals surface area (Å²) in [6, 6.07) is 24.6. The van der Waals surface area contributed by atoms with Gasteiger partial charge in [-0.1, -0.05) is 24.3 Å². The Balaban J connectivity index is 1.43. The summed E-state index contributed by atoms with van der Waals surface area (Å²) < 4.78 is 4.33. The quantitative estimate of drug-likeness (QED) is 0.420. The van der Waals surface area contributed by atoms with Crippen LogP contribution in [0.5, 0.6) is 0 Å². The summed E-state index contributed by atoms with van der Waals surface area (Å²) in [7, 11) is 0. The van der Waals surface area contributed by atoms with Gasteiger partial charge in [0.05, 0.1) is 0 Å². The molecule has 4 heteroatoms. The number of hydrogen-bond donors (Lipinski definition) is 2. The Labute approximate surface area is 165 Å². The molecule has 4 aromatic rings. The normalized spacial score (nSPS) is 10.7. The molecule has 0 atom stereocenters. The average Bonchev–Trinajstić information content (AvgIpc) is 2.73. The first-order valence-corrected chi connectivity index (χ1v) is 9.33. The molecule has 0 saturated heterocycles. The standard InChI is InChI=1S/C24H24N4/c25-23-5-1-19(2-6-23)17-27-13-9-21(10-14-27)22-11-15-28(16-12-22)18-20-3-7-24(26)8-4-20/h1-16H,17-18,25-26H2/q+2. The third kappa shape index (κ3) is 4.35. The second kappa shape index (κ2) is 7.92. The molecule has 0 aliphatic heterocycles. The number of rotatable bonds is 5. The van der Waals surface area contributed by atoms with Crippen LogP contribution in [0.15, 0.2) is 97.6 Å². The van der Waals surface area contributed by atoms with Gasteiger partial charge in [0, 0.05) is 46.8 Å². The second-order valence-corrected chi connectivity index (χ2v) is 7.00. The highest BCUT2D eigenvalue weighted by Gasteiger charge is 2.07. The van der Waals surface area contributed by atoms with Gasteiger partial charge < -0.3 is 11.5 Å². The zero-order valence-electron chi connectivity index (χ0n) is 15.7. The minimum Gasteiger partial charge on any atom is -0.399 e. The summed E-state index contributed by atoms with van der Waals surface area (Å²) in [5.74, 6) is 0. The fraction of sp³-hybridized carbons (Fsp3) is 0.0833. The molecule has 0 radical (unpaired) electrons. The molecule has 0 aliphatic carbocycles. The fourth-order valence-electron chi connectivity index (χ4n) is 3.18. The molecule has 2 aromatic heterocycles. The van der Waals surface area contributed by atoms with Crippen molar-refractivity contribution in [3.8, 4) is 11.1 Å². The summed E-state index contributed by atoms with van der Waals surface area (Å²) in [4.78, 5) is 0. The number of anilines is 2. The Morgan fingerprint density at radius 1 is 0.464 bits per heavy atom. The Morgan fingerprint density at radius 2 is 0.786 bits per heavy atom. The van der Waals surface area contributed by atoms with Crippen molar-refractivity contribution < 1.29 is 9.13 Å². The van der Waals surface area contributed by atoms with Crippen molar-refractivity contribution in [3.63, 3.8) is 0 Å². The van der Waals surface area contributed by atoms with Gasteiger partial charge in [0.15, 0.2) is 37.9 Å². The molecule has 2 aromatic carbocycles. The minimum atomic E-state index is 0.793. The fourth-order valence-corrected chi connectivity index (χ4v) is 3.18. The molecule has 0 aliphatic rings. The van der Waals surface area contributed by atoms with Crippen molar-refractivity contribution in [1.82, 2.24) is 0 Å². The number of nitrogen functional groups attached to an aromatic ring is 2. The molecule has 4 nitrogen and oxygen atoms in total. The average molecular weight is 368 g/mol. The van der Waals surface area contributed by atoms with Gasteiger partial charge in [0.1, 0.15) is 0 Å². The van der Waals surface area contributed by atoms with E-state index in [0.29, 0.717) is 0 Å². The molecular formula is C24H24N4+2. The van der Waals surface area contributed by atoms with Gasteiger partial charge >= 0.3 is 0 Å². The SMILES string of the molecule is Nc1ccc(C[n+]2ccc(-c3cc[n+](Cc4ccc(N)cc4)cc3)cc2)cc1. The first-order valence-electron chi connectivity index (χ1n) is 9.33. The highest BCUT2D eigenvalue weighted by atomic mass is 14.9. The Bertz CT molecular complexity index is 947. The molecule has 4 rings (SSSR count). The largest absolute Gasteiger partial charge is 0.399 e. The van der Waals surface area contributed by atoms with E-state index in [9.17, 15) is 0 Å². The number of nitrogens with two attached hydrogens (primary N) is 2. The van der Waals surface area contributed by atoms with Crippen molar-refractivity contribution in [2.24, 2.45) is 0 Å². The van der Waals surface area contributed by atoms with E-state index in [4.69, 9.17) is 11.5 Å². The van der Waals surface area contributed by atoms with E-state index in [1.54, 1.807) is 0 Å². The van der Waals surface area contributed by atoms with Crippen LogP contribution in [-0.4, -0.2) is 0 Å². The van der Waals surface area contributed by atoms with Crippen LogP contribution >= 0.6 is 0 Å². The Hall–Kier alpha value is -3.66. The summed E-state index contributed by atoms with van der Waals surface area (Å²) in [5.41, 5.74) is 18.0. The van der Waals surface area contributed by atoms with Crippen LogP contribution in [0.25, 0.3) is 11.1 Å². The number of benzene rings is 2. The molecule has 0 amide bonds.